The smallest absolute Gasteiger partial charge is 0.430 e. The molecule has 4 bridgehead atoms. The van der Waals surface area contributed by atoms with E-state index in [1.807, 2.05) is 6.92 Å². The summed E-state index contributed by atoms with van der Waals surface area (Å²) < 4.78 is 33.3. The highest BCUT2D eigenvalue weighted by molar-refractivity contribution is 7.89. The number of rotatable bonds is 2. The van der Waals surface area contributed by atoms with Crippen LogP contribution in [0.2, 0.25) is 0 Å². The minimum Gasteiger partial charge on any atom is -0.434 e. The van der Waals surface area contributed by atoms with Gasteiger partial charge in [0.25, 0.3) is 10.0 Å². The Morgan fingerprint density at radius 1 is 1.07 bits per heavy atom. The van der Waals surface area contributed by atoms with Gasteiger partial charge in [0, 0.05) is 11.8 Å². The maximum atomic E-state index is 13.3. The first kappa shape index (κ1) is 17.1. The van der Waals surface area contributed by atoms with E-state index in [-0.39, 0.29) is 16.7 Å². The molecule has 1 aromatic carbocycles. The average Bonchev–Trinajstić information content (AvgIpc) is 2.93. The molecule has 0 aromatic heterocycles. The molecule has 0 N–H and O–H groups in total. The number of ether oxygens (including phenoxy) is 1. The van der Waals surface area contributed by atoms with E-state index in [1.54, 1.807) is 12.1 Å². The number of benzene rings is 1. The molecule has 4 saturated carbocycles. The summed E-state index contributed by atoms with van der Waals surface area (Å²) in [5, 5.41) is 0. The Bertz CT molecular complexity index is 944. The van der Waals surface area contributed by atoms with Crippen LogP contribution >= 0.6 is 0 Å². The van der Waals surface area contributed by atoms with Crippen LogP contribution in [0.4, 0.5) is 4.79 Å². The number of sulfonamides is 1. The van der Waals surface area contributed by atoms with Gasteiger partial charge in [-0.05, 0) is 63.0 Å². The lowest BCUT2D eigenvalue weighted by Crippen LogP contribution is -2.58. The van der Waals surface area contributed by atoms with Crippen LogP contribution in [0.25, 0.3) is 0 Å². The SMILES string of the molecule is C=C=C1N(S(=O)(=O)c2ccc(C)cc2)C(=O)OC12C1CC3CC(C1)CC2C3. The zero-order valence-corrected chi connectivity index (χ0v) is 16.2. The lowest BCUT2D eigenvalue weighted by atomic mass is 9.49. The molecule has 4 aliphatic carbocycles. The summed E-state index contributed by atoms with van der Waals surface area (Å²) >= 11 is 0. The maximum absolute atomic E-state index is 13.3. The van der Waals surface area contributed by atoms with Crippen molar-refractivity contribution in [2.24, 2.45) is 23.7 Å². The molecular weight excluding hydrogens is 362 g/mol. The summed E-state index contributed by atoms with van der Waals surface area (Å²) in [6.07, 6.45) is 4.41. The molecule has 142 valence electrons. The van der Waals surface area contributed by atoms with E-state index < -0.39 is 21.7 Å². The molecule has 6 heteroatoms. The van der Waals surface area contributed by atoms with Gasteiger partial charge in [-0.25, -0.2) is 13.2 Å². The number of amides is 1. The molecule has 5 nitrogen and oxygen atoms in total. The monoisotopic (exact) mass is 385 g/mol. The molecule has 1 heterocycles. The van der Waals surface area contributed by atoms with Crippen LogP contribution in [-0.4, -0.2) is 24.4 Å². The fourth-order valence-corrected chi connectivity index (χ4v) is 7.54. The first-order chi connectivity index (χ1) is 12.9. The van der Waals surface area contributed by atoms with E-state index in [9.17, 15) is 13.2 Å². The first-order valence-electron chi connectivity index (χ1n) is 9.61. The molecule has 1 spiro atoms. The molecule has 5 fully saturated rings. The Kier molecular flexibility index (Phi) is 3.47. The second-order valence-corrected chi connectivity index (χ2v) is 10.4. The summed E-state index contributed by atoms with van der Waals surface area (Å²) in [4.78, 5) is 12.9. The Hall–Kier alpha value is -2.04. The van der Waals surface area contributed by atoms with Crippen molar-refractivity contribution in [3.05, 3.63) is 47.8 Å². The predicted octanol–water partition coefficient (Wildman–Crippen LogP) is 4.00. The number of carbonyl (C=O) groups excluding carboxylic acids is 1. The maximum Gasteiger partial charge on any atom is 0.430 e. The Morgan fingerprint density at radius 2 is 1.63 bits per heavy atom. The highest BCUT2D eigenvalue weighted by Crippen LogP contribution is 2.64. The minimum atomic E-state index is -4.06. The van der Waals surface area contributed by atoms with Crippen molar-refractivity contribution in [3.63, 3.8) is 0 Å². The average molecular weight is 385 g/mol. The predicted molar refractivity (Wildman–Crippen MR) is 99.1 cm³/mol. The van der Waals surface area contributed by atoms with Crippen molar-refractivity contribution < 1.29 is 17.9 Å². The van der Waals surface area contributed by atoms with Crippen LogP contribution in [0.3, 0.4) is 0 Å². The van der Waals surface area contributed by atoms with E-state index in [1.165, 1.54) is 18.6 Å². The first-order valence-corrected chi connectivity index (χ1v) is 11.1. The topological polar surface area (TPSA) is 63.7 Å². The Balaban J connectivity index is 1.61. The molecule has 1 amide bonds. The van der Waals surface area contributed by atoms with Crippen LogP contribution in [0.1, 0.15) is 37.7 Å². The number of hydrogen-bond donors (Lipinski definition) is 0. The second kappa shape index (κ2) is 5.49. The van der Waals surface area contributed by atoms with Crippen LogP contribution in [0.5, 0.6) is 0 Å². The van der Waals surface area contributed by atoms with Gasteiger partial charge in [-0.15, -0.1) is 5.73 Å². The van der Waals surface area contributed by atoms with Gasteiger partial charge in [-0.2, -0.15) is 4.31 Å². The fourth-order valence-electron chi connectivity index (χ4n) is 6.17. The summed E-state index contributed by atoms with van der Waals surface area (Å²) in [5.41, 5.74) is 3.21. The Labute approximate surface area is 159 Å². The van der Waals surface area contributed by atoms with Gasteiger partial charge in [0.15, 0.2) is 5.60 Å². The largest absolute Gasteiger partial charge is 0.434 e. The quantitative estimate of drug-likeness (QED) is 0.722. The summed E-state index contributed by atoms with van der Waals surface area (Å²) in [5.74, 6) is 1.68. The molecule has 1 saturated heterocycles. The third-order valence-electron chi connectivity index (χ3n) is 7.07. The fraction of sp³-hybridized carbons (Fsp3) is 0.524. The lowest BCUT2D eigenvalue weighted by Gasteiger charge is -2.58. The van der Waals surface area contributed by atoms with Gasteiger partial charge in [0.1, 0.15) is 5.70 Å². The molecular formula is C21H23NO4S. The third-order valence-corrected chi connectivity index (χ3v) is 8.75. The number of nitrogens with zero attached hydrogens (tertiary/aromatic N) is 1. The van der Waals surface area contributed by atoms with Crippen LogP contribution in [0.15, 0.2) is 47.2 Å². The van der Waals surface area contributed by atoms with Crippen molar-refractivity contribution in [1.82, 2.24) is 4.31 Å². The van der Waals surface area contributed by atoms with Gasteiger partial charge < -0.3 is 4.74 Å². The molecule has 0 atom stereocenters. The van der Waals surface area contributed by atoms with Crippen molar-refractivity contribution in [1.29, 1.82) is 0 Å². The Morgan fingerprint density at radius 3 is 2.15 bits per heavy atom. The zero-order valence-electron chi connectivity index (χ0n) is 15.3. The van der Waals surface area contributed by atoms with Crippen LogP contribution in [-0.2, 0) is 14.8 Å². The van der Waals surface area contributed by atoms with E-state index in [2.05, 4.69) is 12.3 Å². The molecule has 1 aromatic rings. The van der Waals surface area contributed by atoms with E-state index >= 15 is 0 Å². The van der Waals surface area contributed by atoms with Gasteiger partial charge in [-0.3, -0.25) is 0 Å². The molecule has 0 unspecified atom stereocenters. The number of carbonyl (C=O) groups is 1. The second-order valence-electron chi connectivity index (χ2n) is 8.57. The summed E-state index contributed by atoms with van der Waals surface area (Å²) in [7, 11) is -4.06. The summed E-state index contributed by atoms with van der Waals surface area (Å²) in [6, 6.07) is 6.51. The van der Waals surface area contributed by atoms with E-state index in [4.69, 9.17) is 4.74 Å². The summed E-state index contributed by atoms with van der Waals surface area (Å²) in [6.45, 7) is 5.64. The van der Waals surface area contributed by atoms with Gasteiger partial charge >= 0.3 is 6.09 Å². The van der Waals surface area contributed by atoms with Crippen molar-refractivity contribution >= 4 is 16.1 Å². The normalized spacial score (nSPS) is 37.0. The van der Waals surface area contributed by atoms with Crippen molar-refractivity contribution in [2.75, 3.05) is 0 Å². The van der Waals surface area contributed by atoms with Gasteiger partial charge in [0.05, 0.1) is 4.90 Å². The number of hydrogen-bond acceptors (Lipinski definition) is 4. The molecule has 5 aliphatic rings. The van der Waals surface area contributed by atoms with Gasteiger partial charge in [-0.1, -0.05) is 24.3 Å². The highest BCUT2D eigenvalue weighted by atomic mass is 32.2. The third kappa shape index (κ3) is 2.17. The van der Waals surface area contributed by atoms with Crippen LogP contribution in [0, 0.1) is 30.6 Å². The zero-order chi connectivity index (χ0) is 19.0. The van der Waals surface area contributed by atoms with Crippen LogP contribution < -0.4 is 0 Å². The molecule has 0 radical (unpaired) electrons. The van der Waals surface area contributed by atoms with Crippen molar-refractivity contribution in [2.45, 2.75) is 49.5 Å². The molecule has 1 aliphatic heterocycles. The highest BCUT2D eigenvalue weighted by Gasteiger charge is 2.67. The molecule has 6 rings (SSSR count). The number of aryl methyl sites for hydroxylation is 1. The van der Waals surface area contributed by atoms with Gasteiger partial charge in [0.2, 0.25) is 0 Å². The standard InChI is InChI=1S/C21H23NO4S/c1-3-19-21(16-9-14-8-15(11-16)12-17(21)10-14)26-20(23)22(19)27(24,25)18-6-4-13(2)5-7-18/h4-7,14-17H,1,8-12H2,2H3. The van der Waals surface area contributed by atoms with Crippen molar-refractivity contribution in [3.8, 4) is 0 Å². The van der Waals surface area contributed by atoms with E-state index in [0.29, 0.717) is 17.5 Å². The molecule has 27 heavy (non-hydrogen) atoms. The minimum absolute atomic E-state index is 0.0821. The lowest BCUT2D eigenvalue weighted by molar-refractivity contribution is -0.138. The van der Waals surface area contributed by atoms with E-state index in [0.717, 1.165) is 35.6 Å².